The van der Waals surface area contributed by atoms with Crippen LogP contribution in [0.3, 0.4) is 0 Å². The molecule has 0 aliphatic carbocycles. The van der Waals surface area contributed by atoms with Crippen LogP contribution in [0.5, 0.6) is 0 Å². The second-order valence-corrected chi connectivity index (χ2v) is 37.3. The number of halogens is 22. The third kappa shape index (κ3) is 56.7. The van der Waals surface area contributed by atoms with Crippen molar-refractivity contribution in [1.82, 2.24) is 64.2 Å². The van der Waals surface area contributed by atoms with Gasteiger partial charge in [0.25, 0.3) is 5.91 Å². The molecule has 1 amide bonds. The van der Waals surface area contributed by atoms with E-state index in [2.05, 4.69) is 127 Å². The molecule has 0 atom stereocenters. The van der Waals surface area contributed by atoms with Gasteiger partial charge >= 0.3 is 103 Å². The van der Waals surface area contributed by atoms with Gasteiger partial charge in [-0.3, -0.25) is 47.3 Å². The fourth-order valence-electron chi connectivity index (χ4n) is 8.41. The first-order valence-electron chi connectivity index (χ1n) is 38.6. The summed E-state index contributed by atoms with van der Waals surface area (Å²) in [4.78, 5) is 60.3. The standard InChI is InChI=1S/C13H20F3N3O2.C13H19F3N2O2.C12H15Br2F3N2.C11H15F3N2O2.C11H15F3N2O.C7H7F3N2O2.C6H13Br.C4H9.CH3F.CH4O.Li.Na.H/c1-12(2,3)6-7-19-8-9(11(20)18(4)21-5)10(17-19)13(14,15)16;1-5-20-11(19)9-8-18(7-6-12(2,3)4)17-10(9)13(14,15)16;1-11(2,3)4-5-19-7-8(6-9(13)14)10(18-19)12(15,16)17;1-10(2,3)4-5-16-6-7(9(17)18)8(15-16)11(12,13)14;1-10(2,3)4-5-16-6-8(7-17)9(15-16)11(12,13)14;1-2-14-6(13)4-3-11-12-5(4)7(8,9)10;1-6(2,3)4-5-7;1-3-4-2;2*1-2;;;/h8H,6-7H2,1-5H3;8H,5-7H2,1-4H3;6-7H,4-5H2,1-3H3;6H,4-5H2,1-3H3,(H,17,18);6-7H,4-5H2,1-3H3;3H,2H2,1H3,(H,11,12);4-5H2,1-3H3;1,3-4H2,2H3;1H3;2H,1H3;;;/q;;;;;;;-1;;;2*+1;-1/i;;;;;;;;1D;;;;. The van der Waals surface area contributed by atoms with E-state index in [0.717, 1.165) is 75.4 Å². The number of H-pyrrole nitrogens is 1. The molecule has 3 N–H and O–H groups in total. The van der Waals surface area contributed by atoms with Gasteiger partial charge in [-0.15, -0.1) is 0 Å². The smallest absolute Gasteiger partial charge is 1.00 e. The van der Waals surface area contributed by atoms with Crippen molar-refractivity contribution in [3.05, 3.63) is 115 Å². The number of hydroxylamine groups is 2. The Morgan fingerprint density at radius 3 is 1.01 bits per heavy atom. The zero-order valence-electron chi connectivity index (χ0n) is 78.2. The number of ether oxygens (including phenoxy) is 2. The van der Waals surface area contributed by atoms with Gasteiger partial charge in [0.05, 0.1) is 49.6 Å². The van der Waals surface area contributed by atoms with Gasteiger partial charge in [-0.05, 0) is 123 Å². The number of aromatic nitrogens is 12. The molecular weight excluding hydrogens is 1920 g/mol. The Hall–Kier alpha value is -5.82. The number of carbonyl (C=O) groups excluding carboxylic acids is 4. The summed E-state index contributed by atoms with van der Waals surface area (Å²) in [6, 6.07) is 0. The number of aromatic amines is 1. The number of rotatable bonds is 21. The number of unbranched alkanes of at least 4 members (excludes halogenated alkanes) is 1. The normalized spacial score (nSPS) is 11.9. The molecule has 6 rings (SSSR count). The number of hydrogen-bond donors (Lipinski definition) is 3. The SMILES string of the molecule is CC(C)(C)CCBr.CC(C)(C)CCn1cc(C(=O)O)c(C(F)(F)F)n1.CC(C)(C)CCn1cc(C=C(Br)Br)c(C(F)(F)F)n1.CC(C)(C)CCn1cc(C=O)c(C(F)(F)F)n1.CCOC(=O)c1cn(CCC(C)(C)C)nc1C(F)(F)F.CCOC(=O)c1cn[nH]c1C(F)(F)F.CO.CON(C)C(=O)c1cn(CCC(C)(C)C)nc1C(F)(F)F.[2H]CF.[CH2-]CCC.[H-].[Li+].[Na+]. The predicted octanol–water partition coefficient (Wildman–Crippen LogP) is 18.5. The summed E-state index contributed by atoms with van der Waals surface area (Å²) in [7, 11) is 2.45. The molecule has 0 radical (unpaired) electrons. The van der Waals surface area contributed by atoms with Gasteiger partial charge in [-0.1, -0.05) is 154 Å². The Balaban J connectivity index is -0.000000265. The maximum absolute atomic E-state index is 13.0. The summed E-state index contributed by atoms with van der Waals surface area (Å²) < 4.78 is 259. The van der Waals surface area contributed by atoms with Crippen molar-refractivity contribution in [1.29, 1.82) is 0 Å². The van der Waals surface area contributed by atoms with E-state index in [9.17, 15) is 107 Å². The molecular formula is C79H121Br3F19LiN13NaO10. The van der Waals surface area contributed by atoms with Crippen molar-refractivity contribution in [3.63, 3.8) is 0 Å². The molecule has 0 spiro atoms. The first kappa shape index (κ1) is 129. The van der Waals surface area contributed by atoms with Crippen molar-refractivity contribution in [2.75, 3.05) is 47.0 Å². The Morgan fingerprint density at radius 2 is 0.770 bits per heavy atom. The molecule has 0 saturated heterocycles. The number of nitrogens with one attached hydrogen (secondary N) is 1. The van der Waals surface area contributed by atoms with Crippen LogP contribution in [0.1, 0.15) is 291 Å². The number of hydrogen-bond acceptors (Lipinski definition) is 15. The predicted molar refractivity (Wildman–Crippen MR) is 444 cm³/mol. The number of aliphatic hydroxyl groups is 1. The molecule has 0 aromatic carbocycles. The molecule has 0 aliphatic rings. The zero-order valence-corrected chi connectivity index (χ0v) is 82.9. The van der Waals surface area contributed by atoms with Crippen molar-refractivity contribution >= 4 is 84.0 Å². The third-order valence-electron chi connectivity index (χ3n) is 15.2. The molecule has 6 aromatic rings. The zero-order chi connectivity index (χ0) is 99.0. The van der Waals surface area contributed by atoms with Crippen LogP contribution in [-0.2, 0) is 84.1 Å². The largest absolute Gasteiger partial charge is 1.00 e. The number of aliphatic hydroxyl groups excluding tert-OH is 1. The quantitative estimate of drug-likeness (QED) is 0.0115. The molecule has 0 bridgehead atoms. The monoisotopic (exact) mass is 2040 g/mol. The van der Waals surface area contributed by atoms with E-state index >= 15 is 0 Å². The van der Waals surface area contributed by atoms with Crippen molar-refractivity contribution in [2.24, 2.45) is 32.5 Å². The minimum atomic E-state index is -4.75. The fraction of sp³-hybridized carbons (Fsp3) is 0.671. The average Bonchev–Trinajstić information content (AvgIpc) is 1.66. The van der Waals surface area contributed by atoms with Crippen LogP contribution in [0.25, 0.3) is 6.08 Å². The maximum Gasteiger partial charge on any atom is 1.00 e. The number of aromatic carboxylic acids is 1. The number of carboxylic acids is 1. The first-order valence-corrected chi connectivity index (χ1v) is 40.6. The summed E-state index contributed by atoms with van der Waals surface area (Å²) in [6.07, 6.45) is -12.9. The van der Waals surface area contributed by atoms with Crippen LogP contribution in [0.2, 0.25) is 0 Å². The second kappa shape index (κ2) is 58.2. The van der Waals surface area contributed by atoms with Gasteiger partial charge in [0, 0.05) is 88.8 Å². The van der Waals surface area contributed by atoms with Crippen LogP contribution in [0.15, 0.2) is 40.6 Å². The molecule has 0 fully saturated rings. The fourth-order valence-corrected chi connectivity index (χ4v) is 10.1. The second-order valence-electron chi connectivity index (χ2n) is 33.7. The molecule has 0 aliphatic heterocycles. The summed E-state index contributed by atoms with van der Waals surface area (Å²) >= 11 is 9.52. The van der Waals surface area contributed by atoms with E-state index in [-0.39, 0.29) is 109 Å². The Bertz CT molecular complexity index is 4160. The Kier molecular flexibility index (Phi) is 59.4. The Morgan fingerprint density at radius 1 is 0.500 bits per heavy atom. The van der Waals surface area contributed by atoms with Crippen LogP contribution in [-0.4, -0.2) is 151 Å². The summed E-state index contributed by atoms with van der Waals surface area (Å²) in [6.45, 7) is 47.0. The van der Waals surface area contributed by atoms with E-state index in [1.807, 2.05) is 104 Å². The Labute approximate surface area is 787 Å². The summed E-state index contributed by atoms with van der Waals surface area (Å²) in [5, 5.41) is 39.8. The number of nitrogens with zero attached hydrogens (tertiary/aromatic N) is 12. The first-order chi connectivity index (χ1) is 56.5. The van der Waals surface area contributed by atoms with Crippen LogP contribution in [0.4, 0.5) is 83.4 Å². The van der Waals surface area contributed by atoms with E-state index < -0.39 is 130 Å². The molecule has 126 heavy (non-hydrogen) atoms. The van der Waals surface area contributed by atoms with Gasteiger partial charge in [-0.25, -0.2) is 19.4 Å². The maximum atomic E-state index is 13.0. The topological polar surface area (TPSA) is 275 Å². The molecule has 718 valence electrons. The summed E-state index contributed by atoms with van der Waals surface area (Å²) in [5.74, 6) is -4.54. The average molecular weight is 2040 g/mol. The molecule has 6 aromatic heterocycles. The van der Waals surface area contributed by atoms with Crippen LogP contribution < -0.4 is 48.4 Å². The van der Waals surface area contributed by atoms with E-state index in [1.54, 1.807) is 5.10 Å². The number of carboxylic acid groups (broad SMARTS) is 1. The number of aldehydes is 1. The molecule has 23 nitrogen and oxygen atoms in total. The number of esters is 2. The minimum Gasteiger partial charge on any atom is -1.00 e. The third-order valence-corrected chi connectivity index (χ3v) is 16.0. The number of amides is 1. The molecule has 0 saturated carbocycles. The van der Waals surface area contributed by atoms with E-state index in [4.69, 9.17) is 11.6 Å². The van der Waals surface area contributed by atoms with Gasteiger partial charge in [0.2, 0.25) is 0 Å². The molecule has 6 heterocycles. The van der Waals surface area contributed by atoms with Crippen LogP contribution in [0, 0.1) is 39.4 Å². The van der Waals surface area contributed by atoms with Crippen molar-refractivity contribution in [3.8, 4) is 0 Å². The van der Waals surface area contributed by atoms with Crippen molar-refractivity contribution in [2.45, 2.75) is 267 Å². The number of alkyl halides is 20. The van der Waals surface area contributed by atoms with Gasteiger partial charge in [-0.2, -0.15) is 116 Å². The number of aryl methyl sites for hydroxylation is 5. The van der Waals surface area contributed by atoms with Crippen LogP contribution >= 0.6 is 47.8 Å². The van der Waals surface area contributed by atoms with Gasteiger partial charge in [0.1, 0.15) is 16.7 Å². The number of carbonyl (C=O) groups is 5. The molecule has 0 unspecified atom stereocenters. The van der Waals surface area contributed by atoms with Gasteiger partial charge < -0.3 is 28.0 Å². The minimum absolute atomic E-state index is 0. The van der Waals surface area contributed by atoms with E-state index in [1.165, 1.54) is 62.5 Å². The summed E-state index contributed by atoms with van der Waals surface area (Å²) in [5.41, 5.74) is -9.28. The van der Waals surface area contributed by atoms with E-state index in [0.29, 0.717) is 60.7 Å². The van der Waals surface area contributed by atoms with Gasteiger partial charge in [0.15, 0.2) is 40.4 Å². The van der Waals surface area contributed by atoms with Crippen molar-refractivity contribution < 1.29 is 183 Å². The molecule has 47 heteroatoms.